The molecule has 4 aromatic carbocycles. The second-order valence-corrected chi connectivity index (χ2v) is 9.29. The number of aromatic hydroxyl groups is 1. The Morgan fingerprint density at radius 3 is 1.66 bits per heavy atom. The minimum atomic E-state index is -0.419. The zero-order valence-electron chi connectivity index (χ0n) is 18.1. The standard InChI is InChI=1S/C13H9BrClFO.C12H7BrClFO.2U/c1-17-13-9(3-2-4-11(13)14)10-7-8(15)5-6-12(10)16;13-10-3-1-2-8(12(10)16)9-6-7(14)4-5-11(9)15;;/h2-7H,1H3;1-6,16H;;. The molecular formula is C25H16Br2Cl2F2O2U2. The van der Waals surface area contributed by atoms with E-state index in [0.717, 1.165) is 4.47 Å². The number of methoxy groups -OCH3 is 1. The maximum atomic E-state index is 13.8. The molecule has 1 N–H and O–H groups in total. The van der Waals surface area contributed by atoms with Crippen molar-refractivity contribution in [2.45, 2.75) is 0 Å². The maximum Gasteiger partial charge on any atom is 0.140 e. The topological polar surface area (TPSA) is 29.5 Å². The second-order valence-electron chi connectivity index (χ2n) is 6.70. The van der Waals surface area contributed by atoms with Crippen LogP contribution in [0.3, 0.4) is 0 Å². The molecule has 0 saturated carbocycles. The van der Waals surface area contributed by atoms with Gasteiger partial charge in [0.05, 0.1) is 16.1 Å². The van der Waals surface area contributed by atoms with Crippen molar-refractivity contribution in [1.82, 2.24) is 0 Å². The summed E-state index contributed by atoms with van der Waals surface area (Å²) in [5.74, 6) is -0.152. The Bertz CT molecular complexity index is 1310. The molecule has 35 heavy (non-hydrogen) atoms. The molecule has 2 nitrogen and oxygen atoms in total. The summed E-state index contributed by atoms with van der Waals surface area (Å²) in [5.41, 5.74) is 1.79. The monoisotopic (exact) mass is 1090 g/mol. The van der Waals surface area contributed by atoms with Gasteiger partial charge in [-0.25, -0.2) is 8.78 Å². The fourth-order valence-corrected chi connectivity index (χ4v) is 4.31. The van der Waals surface area contributed by atoms with E-state index in [2.05, 4.69) is 31.9 Å². The molecule has 4 aromatic rings. The van der Waals surface area contributed by atoms with E-state index in [1.807, 2.05) is 12.1 Å². The first-order valence-corrected chi connectivity index (χ1v) is 11.8. The van der Waals surface area contributed by atoms with Crippen LogP contribution in [0.15, 0.2) is 81.7 Å². The smallest absolute Gasteiger partial charge is 0.140 e. The summed E-state index contributed by atoms with van der Waals surface area (Å²) in [6, 6.07) is 19.2. The van der Waals surface area contributed by atoms with E-state index in [4.69, 9.17) is 27.9 Å². The summed E-state index contributed by atoms with van der Waals surface area (Å²) >= 11 is 18.2. The number of halogens is 6. The summed E-state index contributed by atoms with van der Waals surface area (Å²) in [5, 5.41) is 10.7. The maximum absolute atomic E-state index is 13.8. The second kappa shape index (κ2) is 15.4. The number of ether oxygens (including phenoxy) is 1. The molecule has 0 amide bonds. The molecule has 0 aliphatic rings. The molecule has 0 radical (unpaired) electrons. The molecule has 178 valence electrons. The number of phenolic OH excluding ortho intramolecular Hbond substituents is 1. The fraction of sp³-hybridized carbons (Fsp3) is 0.0400. The van der Waals surface area contributed by atoms with E-state index < -0.39 is 5.82 Å². The molecule has 0 atom stereocenters. The molecule has 4 rings (SSSR count). The van der Waals surface area contributed by atoms with Crippen molar-refractivity contribution < 1.29 is 80.9 Å². The van der Waals surface area contributed by atoms with Gasteiger partial charge in [0.25, 0.3) is 0 Å². The number of rotatable bonds is 3. The Morgan fingerprint density at radius 2 is 1.14 bits per heavy atom. The molecule has 0 aliphatic heterocycles. The average molecular weight is 1090 g/mol. The Kier molecular flexibility index (Phi) is 14.5. The molecule has 0 saturated heterocycles. The van der Waals surface area contributed by atoms with Crippen LogP contribution in [0.2, 0.25) is 10.0 Å². The molecule has 10 heteroatoms. The molecule has 0 aromatic heterocycles. The summed E-state index contributed by atoms with van der Waals surface area (Å²) in [7, 11) is 1.55. The van der Waals surface area contributed by atoms with Gasteiger partial charge in [0.15, 0.2) is 0 Å². The third kappa shape index (κ3) is 8.49. The molecule has 0 heterocycles. The molecule has 0 fully saturated rings. The van der Waals surface area contributed by atoms with Crippen molar-refractivity contribution in [2.24, 2.45) is 0 Å². The van der Waals surface area contributed by atoms with E-state index in [1.54, 1.807) is 37.4 Å². The zero-order valence-corrected chi connectivity index (χ0v) is 31.1. The predicted molar refractivity (Wildman–Crippen MR) is 137 cm³/mol. The van der Waals surface area contributed by atoms with Crippen LogP contribution >= 0.6 is 55.1 Å². The van der Waals surface area contributed by atoms with Gasteiger partial charge in [-0.15, -0.1) is 0 Å². The molecule has 0 aliphatic carbocycles. The molecular weight excluding hydrogens is 1080 g/mol. The van der Waals surface area contributed by atoms with Gasteiger partial charge >= 0.3 is 0 Å². The predicted octanol–water partition coefficient (Wildman–Crippen LogP) is 9.53. The average Bonchev–Trinajstić information content (AvgIpc) is 2.79. The summed E-state index contributed by atoms with van der Waals surface area (Å²) < 4.78 is 33.9. The Balaban J connectivity index is 0.000000332. The molecule has 0 bridgehead atoms. The first kappa shape index (κ1) is 33.0. The van der Waals surface area contributed by atoms with Crippen molar-refractivity contribution in [3.8, 4) is 33.8 Å². The van der Waals surface area contributed by atoms with Gasteiger partial charge in [0.1, 0.15) is 23.1 Å². The normalized spacial score (nSPS) is 9.80. The van der Waals surface area contributed by atoms with Crippen LogP contribution in [-0.2, 0) is 0 Å². The largest absolute Gasteiger partial charge is 0.506 e. The number of phenols is 1. The third-order valence-corrected chi connectivity index (χ3v) is 6.33. The van der Waals surface area contributed by atoms with Crippen LogP contribution in [0, 0.1) is 73.9 Å². The van der Waals surface area contributed by atoms with Crippen LogP contribution < -0.4 is 4.74 Å². The van der Waals surface area contributed by atoms with Gasteiger partial charge in [-0.2, -0.15) is 0 Å². The first-order valence-electron chi connectivity index (χ1n) is 9.43. The number of para-hydroxylation sites is 2. The Hall–Kier alpha value is -0.0161. The van der Waals surface area contributed by atoms with Crippen molar-refractivity contribution in [3.63, 3.8) is 0 Å². The fourth-order valence-electron chi connectivity index (χ4n) is 3.07. The van der Waals surface area contributed by atoms with E-state index in [9.17, 15) is 13.9 Å². The summed E-state index contributed by atoms with van der Waals surface area (Å²) in [6.07, 6.45) is 0. The first-order chi connectivity index (χ1) is 15.7. The van der Waals surface area contributed by atoms with Crippen LogP contribution in [0.4, 0.5) is 8.78 Å². The number of hydrogen-bond donors (Lipinski definition) is 1. The van der Waals surface area contributed by atoms with Gasteiger partial charge in [0, 0.05) is 94.5 Å². The van der Waals surface area contributed by atoms with E-state index >= 15 is 0 Å². The van der Waals surface area contributed by atoms with Gasteiger partial charge in [-0.3, -0.25) is 0 Å². The number of benzene rings is 4. The Labute approximate surface area is 276 Å². The molecule has 0 unspecified atom stereocenters. The van der Waals surface area contributed by atoms with Crippen LogP contribution in [-0.4, -0.2) is 12.2 Å². The minimum absolute atomic E-state index is 0. The third-order valence-electron chi connectivity index (χ3n) is 4.60. The van der Waals surface area contributed by atoms with Crippen LogP contribution in [0.25, 0.3) is 22.3 Å². The summed E-state index contributed by atoms with van der Waals surface area (Å²) in [6.45, 7) is 0. The number of hydrogen-bond acceptors (Lipinski definition) is 2. The van der Waals surface area contributed by atoms with Crippen LogP contribution in [0.5, 0.6) is 11.5 Å². The van der Waals surface area contributed by atoms with E-state index in [-0.39, 0.29) is 79.4 Å². The van der Waals surface area contributed by atoms with E-state index in [1.165, 1.54) is 30.3 Å². The zero-order chi connectivity index (χ0) is 24.1. The van der Waals surface area contributed by atoms with Crippen molar-refractivity contribution in [1.29, 1.82) is 0 Å². The van der Waals surface area contributed by atoms with Crippen molar-refractivity contribution in [3.05, 3.63) is 103 Å². The van der Waals surface area contributed by atoms with Gasteiger partial charge in [0.2, 0.25) is 0 Å². The van der Waals surface area contributed by atoms with Crippen molar-refractivity contribution in [2.75, 3.05) is 7.11 Å². The summed E-state index contributed by atoms with van der Waals surface area (Å²) in [4.78, 5) is 0. The quantitative estimate of drug-likeness (QED) is 0.222. The SMILES string of the molecule is COc1c(Br)cccc1-c1cc(Cl)ccc1F.Oc1c(Br)cccc1-c1cc(Cl)ccc1F.[U].[U]. The minimum Gasteiger partial charge on any atom is -0.506 e. The Morgan fingerprint density at radius 1 is 0.686 bits per heavy atom. The van der Waals surface area contributed by atoms with Crippen molar-refractivity contribution >= 4 is 55.1 Å². The van der Waals surface area contributed by atoms with Crippen LogP contribution in [0.1, 0.15) is 0 Å². The molecule has 0 spiro atoms. The van der Waals surface area contributed by atoms with Gasteiger partial charge < -0.3 is 9.84 Å². The van der Waals surface area contributed by atoms with E-state index in [0.29, 0.717) is 37.0 Å². The van der Waals surface area contributed by atoms with Gasteiger partial charge in [-0.05, 0) is 80.4 Å². The van der Waals surface area contributed by atoms with Gasteiger partial charge in [-0.1, -0.05) is 47.5 Å².